The number of guanidine groups is 1. The van der Waals surface area contributed by atoms with Crippen LogP contribution >= 0.6 is 11.6 Å². The number of aryl methyl sites for hydroxylation is 1. The van der Waals surface area contributed by atoms with E-state index in [1.165, 1.54) is 4.57 Å². The first-order chi connectivity index (χ1) is 21.6. The summed E-state index contributed by atoms with van der Waals surface area (Å²) in [6, 6.07) is 13.4. The lowest BCUT2D eigenvalue weighted by Gasteiger charge is -2.19. The minimum absolute atomic E-state index is 0.0548. The predicted molar refractivity (Wildman–Crippen MR) is 185 cm³/mol. The van der Waals surface area contributed by atoms with E-state index >= 15 is 4.39 Å². The number of nitrogens with two attached hydrogens (primary N) is 3. The highest BCUT2D eigenvalue weighted by molar-refractivity contribution is 6.31. The van der Waals surface area contributed by atoms with Gasteiger partial charge in [0.15, 0.2) is 11.8 Å². The lowest BCUT2D eigenvalue weighted by atomic mass is 10.0. The van der Waals surface area contributed by atoms with E-state index in [1.807, 2.05) is 38.1 Å². The predicted octanol–water partition coefficient (Wildman–Crippen LogP) is 6.13. The Balaban J connectivity index is 0.00000177. The molecule has 2 heterocycles. The molecule has 0 radical (unpaired) electrons. The highest BCUT2D eigenvalue weighted by Crippen LogP contribution is 2.31. The molecule has 45 heavy (non-hydrogen) atoms. The molecule has 0 aliphatic rings. The Labute approximate surface area is 269 Å². The van der Waals surface area contributed by atoms with Crippen LogP contribution in [-0.2, 0) is 6.42 Å². The minimum Gasteiger partial charge on any atom is -0.370 e. The fourth-order valence-corrected chi connectivity index (χ4v) is 5.29. The van der Waals surface area contributed by atoms with Gasteiger partial charge in [0.1, 0.15) is 5.65 Å². The molecule has 242 valence electrons. The summed E-state index contributed by atoms with van der Waals surface area (Å²) in [7, 11) is 0. The third-order valence-corrected chi connectivity index (χ3v) is 7.46. The smallest absolute Gasteiger partial charge is 0.354 e. The molecular weight excluding hydrogens is 591 g/mol. The number of fused-ring (bicyclic) bond motifs is 1. The van der Waals surface area contributed by atoms with Gasteiger partial charge in [0, 0.05) is 35.8 Å². The van der Waals surface area contributed by atoms with Crippen molar-refractivity contribution in [1.82, 2.24) is 19.9 Å². The van der Waals surface area contributed by atoms with Crippen LogP contribution in [0.4, 0.5) is 4.39 Å². The molecule has 4 aromatic rings. The zero-order valence-electron chi connectivity index (χ0n) is 26.5. The second-order valence-corrected chi connectivity index (χ2v) is 11.6. The number of rotatable bonds is 14. The SMILES string of the molecule is C=CC.CCCC(NCCCN=C(N)N)c1ccc(-n2cc3cc(-c4cc(CCCC(C)N)cc(Cl)c4F)[nH]c3nc2=O)cc1. The summed E-state index contributed by atoms with van der Waals surface area (Å²) in [4.78, 5) is 24.4. The number of aromatic nitrogens is 3. The van der Waals surface area contributed by atoms with Crippen molar-refractivity contribution < 1.29 is 4.39 Å². The zero-order valence-corrected chi connectivity index (χ0v) is 27.2. The Morgan fingerprint density at radius 1 is 1.20 bits per heavy atom. The number of aromatic amines is 1. The lowest BCUT2D eigenvalue weighted by molar-refractivity contribution is 0.490. The van der Waals surface area contributed by atoms with E-state index in [-0.39, 0.29) is 23.1 Å². The van der Waals surface area contributed by atoms with Gasteiger partial charge in [-0.15, -0.1) is 6.58 Å². The van der Waals surface area contributed by atoms with Gasteiger partial charge in [-0.2, -0.15) is 4.98 Å². The van der Waals surface area contributed by atoms with Crippen molar-refractivity contribution in [2.75, 3.05) is 13.1 Å². The first kappa shape index (κ1) is 35.5. The van der Waals surface area contributed by atoms with E-state index in [2.05, 4.69) is 33.8 Å². The van der Waals surface area contributed by atoms with Crippen LogP contribution in [0.25, 0.3) is 28.0 Å². The average molecular weight is 637 g/mol. The molecule has 0 bridgehead atoms. The molecule has 9 nitrogen and oxygen atoms in total. The summed E-state index contributed by atoms with van der Waals surface area (Å²) in [6.45, 7) is 10.7. The quantitative estimate of drug-likeness (QED) is 0.0486. The zero-order chi connectivity index (χ0) is 32.9. The van der Waals surface area contributed by atoms with Crippen LogP contribution in [0.5, 0.6) is 0 Å². The fourth-order valence-electron chi connectivity index (χ4n) is 5.04. The lowest BCUT2D eigenvalue weighted by Crippen LogP contribution is -2.25. The van der Waals surface area contributed by atoms with Crippen LogP contribution in [0.2, 0.25) is 5.02 Å². The van der Waals surface area contributed by atoms with Crippen molar-refractivity contribution in [2.24, 2.45) is 22.2 Å². The van der Waals surface area contributed by atoms with Gasteiger partial charge < -0.3 is 27.5 Å². The van der Waals surface area contributed by atoms with E-state index in [0.29, 0.717) is 34.5 Å². The second kappa shape index (κ2) is 17.5. The number of H-pyrrole nitrogens is 1. The van der Waals surface area contributed by atoms with E-state index in [9.17, 15) is 4.79 Å². The van der Waals surface area contributed by atoms with Crippen molar-refractivity contribution in [2.45, 2.75) is 71.4 Å². The van der Waals surface area contributed by atoms with Crippen molar-refractivity contribution >= 4 is 28.6 Å². The maximum atomic E-state index is 15.1. The van der Waals surface area contributed by atoms with Gasteiger partial charge in [0.05, 0.1) is 16.4 Å². The molecule has 0 saturated carbocycles. The number of hydrogen-bond donors (Lipinski definition) is 5. The van der Waals surface area contributed by atoms with Gasteiger partial charge in [-0.1, -0.05) is 43.2 Å². The van der Waals surface area contributed by atoms with Gasteiger partial charge in [0.2, 0.25) is 0 Å². The van der Waals surface area contributed by atoms with Crippen molar-refractivity contribution in [3.8, 4) is 16.9 Å². The largest absolute Gasteiger partial charge is 0.370 e. The number of halogens is 2. The summed E-state index contributed by atoms with van der Waals surface area (Å²) in [5, 5.41) is 4.30. The van der Waals surface area contributed by atoms with Crippen LogP contribution in [0.15, 0.2) is 71.1 Å². The molecule has 0 amide bonds. The van der Waals surface area contributed by atoms with E-state index in [0.717, 1.165) is 56.2 Å². The third kappa shape index (κ3) is 10.3. The van der Waals surface area contributed by atoms with Crippen molar-refractivity contribution in [1.29, 1.82) is 0 Å². The summed E-state index contributed by atoms with van der Waals surface area (Å²) in [5.74, 6) is -0.416. The molecule has 0 aliphatic heterocycles. The summed E-state index contributed by atoms with van der Waals surface area (Å²) >= 11 is 6.25. The first-order valence-electron chi connectivity index (χ1n) is 15.4. The molecular formula is C34H46ClFN8O. The number of benzene rings is 2. The molecule has 2 atom stereocenters. The molecule has 0 aliphatic carbocycles. The second-order valence-electron chi connectivity index (χ2n) is 11.1. The van der Waals surface area contributed by atoms with E-state index < -0.39 is 11.5 Å². The van der Waals surface area contributed by atoms with E-state index in [1.54, 1.807) is 30.5 Å². The summed E-state index contributed by atoms with van der Waals surface area (Å²) in [5.41, 5.74) is 20.2. The number of nitrogens with zero attached hydrogens (tertiary/aromatic N) is 3. The van der Waals surface area contributed by atoms with Crippen LogP contribution in [0, 0.1) is 5.82 Å². The van der Waals surface area contributed by atoms with E-state index in [4.69, 9.17) is 28.8 Å². The van der Waals surface area contributed by atoms with Crippen LogP contribution < -0.4 is 28.2 Å². The number of hydrogen-bond acceptors (Lipinski definition) is 5. The number of aliphatic imine (C=N–C) groups is 1. The Hall–Kier alpha value is -3.99. The van der Waals surface area contributed by atoms with Crippen LogP contribution in [0.3, 0.4) is 0 Å². The van der Waals surface area contributed by atoms with Crippen LogP contribution in [-0.4, -0.2) is 39.6 Å². The van der Waals surface area contributed by atoms with Gasteiger partial charge in [-0.3, -0.25) is 9.56 Å². The molecule has 8 N–H and O–H groups in total. The Morgan fingerprint density at radius 3 is 2.56 bits per heavy atom. The Kier molecular flexibility index (Phi) is 13.8. The van der Waals surface area contributed by atoms with Gasteiger partial charge in [0.25, 0.3) is 0 Å². The Morgan fingerprint density at radius 2 is 1.91 bits per heavy atom. The van der Waals surface area contributed by atoms with Gasteiger partial charge in [-0.25, -0.2) is 9.18 Å². The van der Waals surface area contributed by atoms with Crippen LogP contribution in [0.1, 0.15) is 70.0 Å². The minimum atomic E-state index is -0.517. The molecule has 2 aromatic heterocycles. The molecule has 0 saturated heterocycles. The molecule has 0 fully saturated rings. The monoisotopic (exact) mass is 636 g/mol. The fraction of sp³-hybridized carbons (Fsp3) is 0.382. The van der Waals surface area contributed by atoms with Gasteiger partial charge >= 0.3 is 5.69 Å². The topological polar surface area (TPSA) is 153 Å². The van der Waals surface area contributed by atoms with Gasteiger partial charge in [-0.05, 0) is 94.0 Å². The highest BCUT2D eigenvalue weighted by atomic mass is 35.5. The molecule has 2 unspecified atom stereocenters. The normalized spacial score (nSPS) is 12.3. The summed E-state index contributed by atoms with van der Waals surface area (Å²) in [6.07, 6.45) is 8.76. The molecule has 4 rings (SSSR count). The molecule has 11 heteroatoms. The summed E-state index contributed by atoms with van der Waals surface area (Å²) < 4.78 is 16.6. The third-order valence-electron chi connectivity index (χ3n) is 7.18. The molecule has 0 spiro atoms. The Bertz CT molecular complexity index is 1620. The maximum Gasteiger partial charge on any atom is 0.354 e. The van der Waals surface area contributed by atoms with Crippen molar-refractivity contribution in [3.63, 3.8) is 0 Å². The average Bonchev–Trinajstić information content (AvgIpc) is 3.40. The highest BCUT2D eigenvalue weighted by Gasteiger charge is 2.16. The first-order valence-corrected chi connectivity index (χ1v) is 15.8. The molecule has 2 aromatic carbocycles. The number of allylic oxidation sites excluding steroid dienone is 1. The maximum absolute atomic E-state index is 15.1. The van der Waals surface area contributed by atoms with Crippen molar-refractivity contribution in [3.05, 3.63) is 93.8 Å². The standard InChI is InChI=1S/C31H40ClFN8O.C3H6/c1-3-6-26(37-13-5-14-38-30(35)36)21-9-11-23(12-10-21)41-18-22-17-27(39-29(22)40-31(41)42)24-15-20(8-4-7-19(2)34)16-25(32)28(24)33;1-3-2/h9-12,15-19,26,37H,3-8,13-14,34H2,1-2H3,(H4,35,36,38)(H,39,40,42);3H,1H2,2H3. The number of nitrogens with one attached hydrogen (secondary N) is 2.